The summed E-state index contributed by atoms with van der Waals surface area (Å²) >= 11 is 0. The van der Waals surface area contributed by atoms with E-state index in [-0.39, 0.29) is 12.7 Å². The number of ether oxygens (including phenoxy) is 2. The molecule has 6 nitrogen and oxygen atoms in total. The van der Waals surface area contributed by atoms with E-state index in [0.29, 0.717) is 28.8 Å². The van der Waals surface area contributed by atoms with Gasteiger partial charge in [-0.1, -0.05) is 0 Å². The van der Waals surface area contributed by atoms with Gasteiger partial charge in [0, 0.05) is 18.2 Å². The van der Waals surface area contributed by atoms with Gasteiger partial charge in [0.2, 0.25) is 6.79 Å². The number of hydrogen-bond donors (Lipinski definition) is 1. The van der Waals surface area contributed by atoms with E-state index in [4.69, 9.17) is 9.47 Å². The van der Waals surface area contributed by atoms with E-state index in [2.05, 4.69) is 22.1 Å². The number of aryl methyl sites for hydroxylation is 1. The normalized spacial score (nSPS) is 18.7. The van der Waals surface area contributed by atoms with Gasteiger partial charge in [0.25, 0.3) is 5.91 Å². The minimum Gasteiger partial charge on any atom is -0.454 e. The molecule has 0 saturated carbocycles. The zero-order valence-electron chi connectivity index (χ0n) is 15.1. The second-order valence-corrected chi connectivity index (χ2v) is 6.92. The highest BCUT2D eigenvalue weighted by Crippen LogP contribution is 2.33. The van der Waals surface area contributed by atoms with Crippen LogP contribution in [0.4, 0.5) is 11.5 Å². The summed E-state index contributed by atoms with van der Waals surface area (Å²) < 4.78 is 10.6. The summed E-state index contributed by atoms with van der Waals surface area (Å²) in [7, 11) is 0. The Morgan fingerprint density at radius 2 is 2.08 bits per heavy atom. The number of aromatic nitrogens is 1. The van der Waals surface area contributed by atoms with Crippen LogP contribution in [-0.2, 0) is 0 Å². The largest absolute Gasteiger partial charge is 0.454 e. The average molecular weight is 353 g/mol. The molecule has 0 bridgehead atoms. The van der Waals surface area contributed by atoms with Gasteiger partial charge in [-0.3, -0.25) is 4.79 Å². The topological polar surface area (TPSA) is 63.7 Å². The van der Waals surface area contributed by atoms with Crippen LogP contribution in [0.25, 0.3) is 0 Å². The zero-order chi connectivity index (χ0) is 18.1. The van der Waals surface area contributed by atoms with Gasteiger partial charge in [0.1, 0.15) is 5.82 Å². The van der Waals surface area contributed by atoms with Gasteiger partial charge in [-0.25, -0.2) is 4.98 Å². The predicted molar refractivity (Wildman–Crippen MR) is 100 cm³/mol. The molecule has 136 valence electrons. The zero-order valence-corrected chi connectivity index (χ0v) is 15.1. The maximum atomic E-state index is 12.5. The van der Waals surface area contributed by atoms with E-state index < -0.39 is 0 Å². The monoisotopic (exact) mass is 353 g/mol. The number of nitrogens with zero attached hydrogens (tertiary/aromatic N) is 2. The molecule has 0 aliphatic carbocycles. The molecule has 1 atom stereocenters. The van der Waals surface area contributed by atoms with Crippen LogP contribution >= 0.6 is 0 Å². The van der Waals surface area contributed by atoms with Crippen LogP contribution in [-0.4, -0.2) is 30.3 Å². The van der Waals surface area contributed by atoms with E-state index in [1.807, 2.05) is 13.0 Å². The van der Waals surface area contributed by atoms with Crippen molar-refractivity contribution in [1.29, 1.82) is 0 Å². The molecule has 1 amide bonds. The first-order valence-electron chi connectivity index (χ1n) is 9.06. The van der Waals surface area contributed by atoms with Crippen LogP contribution in [0.15, 0.2) is 30.5 Å². The van der Waals surface area contributed by atoms with Gasteiger partial charge in [0.05, 0.1) is 11.9 Å². The Balaban J connectivity index is 1.50. The number of nitrogens with one attached hydrogen (secondary N) is 1. The first-order chi connectivity index (χ1) is 12.6. The van der Waals surface area contributed by atoms with Gasteiger partial charge >= 0.3 is 0 Å². The second-order valence-electron chi connectivity index (χ2n) is 6.92. The summed E-state index contributed by atoms with van der Waals surface area (Å²) in [5.74, 6) is 2.09. The fraction of sp³-hybridized carbons (Fsp3) is 0.400. The van der Waals surface area contributed by atoms with Crippen LogP contribution in [0.3, 0.4) is 0 Å². The van der Waals surface area contributed by atoms with Crippen molar-refractivity contribution in [2.24, 2.45) is 0 Å². The van der Waals surface area contributed by atoms with Gasteiger partial charge in [-0.2, -0.15) is 0 Å². The summed E-state index contributed by atoms with van der Waals surface area (Å²) in [6, 6.07) is 7.66. The first kappa shape index (κ1) is 16.7. The van der Waals surface area contributed by atoms with Crippen molar-refractivity contribution in [3.63, 3.8) is 0 Å². The molecule has 1 saturated heterocycles. The Morgan fingerprint density at radius 1 is 1.23 bits per heavy atom. The fourth-order valence-corrected chi connectivity index (χ4v) is 3.59. The highest BCUT2D eigenvalue weighted by molar-refractivity contribution is 6.04. The summed E-state index contributed by atoms with van der Waals surface area (Å²) in [5.41, 5.74) is 2.29. The third-order valence-corrected chi connectivity index (χ3v) is 5.02. The summed E-state index contributed by atoms with van der Waals surface area (Å²) in [5, 5.41) is 2.92. The van der Waals surface area contributed by atoms with E-state index in [1.54, 1.807) is 24.4 Å². The van der Waals surface area contributed by atoms with Crippen molar-refractivity contribution in [3.05, 3.63) is 41.6 Å². The van der Waals surface area contributed by atoms with Crippen molar-refractivity contribution in [2.75, 3.05) is 23.6 Å². The molecule has 4 rings (SSSR count). The van der Waals surface area contributed by atoms with Crippen LogP contribution in [0.2, 0.25) is 0 Å². The standard InChI is InChI=1S/C20H23N3O3/c1-13-9-16(11-21-19(13)23-8-4-3-5-14(23)2)22-20(24)15-6-7-17-18(10-15)26-12-25-17/h6-7,9-11,14H,3-5,8,12H2,1-2H3,(H,22,24)/t14-/m0/s1. The lowest BCUT2D eigenvalue weighted by atomic mass is 10.0. The molecule has 0 radical (unpaired) electrons. The lowest BCUT2D eigenvalue weighted by Gasteiger charge is -2.35. The maximum Gasteiger partial charge on any atom is 0.255 e. The molecule has 2 aliphatic rings. The second kappa shape index (κ2) is 6.86. The number of anilines is 2. The van der Waals surface area contributed by atoms with Gasteiger partial charge in [-0.05, 0) is 62.9 Å². The average Bonchev–Trinajstić information content (AvgIpc) is 3.10. The molecule has 1 aromatic heterocycles. The number of pyridine rings is 1. The van der Waals surface area contributed by atoms with Crippen LogP contribution < -0.4 is 19.7 Å². The van der Waals surface area contributed by atoms with Crippen molar-refractivity contribution in [1.82, 2.24) is 4.98 Å². The molecular weight excluding hydrogens is 330 g/mol. The number of fused-ring (bicyclic) bond motifs is 1. The number of carbonyl (C=O) groups is 1. The molecule has 1 N–H and O–H groups in total. The predicted octanol–water partition coefficient (Wildman–Crippen LogP) is 3.75. The van der Waals surface area contributed by atoms with E-state index >= 15 is 0 Å². The Labute approximate surface area is 153 Å². The Morgan fingerprint density at radius 3 is 2.88 bits per heavy atom. The van der Waals surface area contributed by atoms with Gasteiger partial charge in [0.15, 0.2) is 11.5 Å². The summed E-state index contributed by atoms with van der Waals surface area (Å²) in [6.07, 6.45) is 5.41. The van der Waals surface area contributed by atoms with Crippen molar-refractivity contribution in [3.8, 4) is 11.5 Å². The molecule has 6 heteroatoms. The van der Waals surface area contributed by atoms with Crippen molar-refractivity contribution >= 4 is 17.4 Å². The van der Waals surface area contributed by atoms with Crippen LogP contribution in [0.1, 0.15) is 42.1 Å². The van der Waals surface area contributed by atoms with E-state index in [1.165, 1.54) is 19.3 Å². The quantitative estimate of drug-likeness (QED) is 0.910. The number of benzene rings is 1. The van der Waals surface area contributed by atoms with Crippen molar-refractivity contribution < 1.29 is 14.3 Å². The molecular formula is C20H23N3O3. The van der Waals surface area contributed by atoms with Gasteiger partial charge < -0.3 is 19.7 Å². The number of piperidine rings is 1. The molecule has 0 spiro atoms. The molecule has 0 unspecified atom stereocenters. The third kappa shape index (κ3) is 3.19. The molecule has 1 aromatic carbocycles. The molecule has 1 fully saturated rings. The number of rotatable bonds is 3. The number of carbonyl (C=O) groups excluding carboxylic acids is 1. The lowest BCUT2D eigenvalue weighted by Crippen LogP contribution is -2.38. The minimum absolute atomic E-state index is 0.191. The Hall–Kier alpha value is -2.76. The molecule has 3 heterocycles. The lowest BCUT2D eigenvalue weighted by molar-refractivity contribution is 0.102. The van der Waals surface area contributed by atoms with Crippen molar-refractivity contribution in [2.45, 2.75) is 39.2 Å². The number of amides is 1. The Kier molecular flexibility index (Phi) is 4.41. The summed E-state index contributed by atoms with van der Waals surface area (Å²) in [6.45, 7) is 5.52. The van der Waals surface area contributed by atoms with Crippen LogP contribution in [0, 0.1) is 6.92 Å². The fourth-order valence-electron chi connectivity index (χ4n) is 3.59. The minimum atomic E-state index is -0.191. The molecule has 2 aliphatic heterocycles. The number of hydrogen-bond acceptors (Lipinski definition) is 5. The SMILES string of the molecule is Cc1cc(NC(=O)c2ccc3c(c2)OCO3)cnc1N1CCCC[C@@H]1C. The Bertz CT molecular complexity index is 837. The van der Waals surface area contributed by atoms with E-state index in [9.17, 15) is 4.79 Å². The first-order valence-corrected chi connectivity index (χ1v) is 9.06. The maximum absolute atomic E-state index is 12.5. The molecule has 2 aromatic rings. The highest BCUT2D eigenvalue weighted by Gasteiger charge is 2.21. The molecule has 26 heavy (non-hydrogen) atoms. The van der Waals surface area contributed by atoms with E-state index in [0.717, 1.165) is 17.9 Å². The highest BCUT2D eigenvalue weighted by atomic mass is 16.7. The van der Waals surface area contributed by atoms with Gasteiger partial charge in [-0.15, -0.1) is 0 Å². The van der Waals surface area contributed by atoms with Crippen LogP contribution in [0.5, 0.6) is 11.5 Å². The third-order valence-electron chi connectivity index (χ3n) is 5.02. The summed E-state index contributed by atoms with van der Waals surface area (Å²) in [4.78, 5) is 19.5. The smallest absolute Gasteiger partial charge is 0.255 e.